The lowest BCUT2D eigenvalue weighted by Gasteiger charge is -2.44. The fourth-order valence-electron chi connectivity index (χ4n) is 5.58. The number of hydrogen-bond acceptors (Lipinski definition) is 2. The average molecular weight is 435 g/mol. The van der Waals surface area contributed by atoms with E-state index in [2.05, 4.69) is 58.4 Å². The van der Waals surface area contributed by atoms with Crippen LogP contribution < -0.4 is 0 Å². The third-order valence-electron chi connectivity index (χ3n) is 7.06. The maximum Gasteiger partial charge on any atom is 0.248 e. The van der Waals surface area contributed by atoms with Crippen molar-refractivity contribution in [1.29, 1.82) is 0 Å². The van der Waals surface area contributed by atoms with E-state index in [1.165, 1.54) is 10.9 Å². The molecule has 2 aliphatic heterocycles. The molecule has 164 valence electrons. The number of nitrogens with one attached hydrogen (secondary N) is 1. The summed E-state index contributed by atoms with van der Waals surface area (Å²) >= 11 is 0. The lowest BCUT2D eigenvalue weighted by Crippen LogP contribution is -2.50. The molecule has 0 spiro atoms. The van der Waals surface area contributed by atoms with E-state index in [-0.39, 0.29) is 5.91 Å². The quantitative estimate of drug-likeness (QED) is 0.410. The number of aromatic nitrogens is 1. The van der Waals surface area contributed by atoms with Gasteiger partial charge in [0.25, 0.3) is 0 Å². The van der Waals surface area contributed by atoms with Gasteiger partial charge in [-0.05, 0) is 34.8 Å². The van der Waals surface area contributed by atoms with Crippen LogP contribution in [0.15, 0.2) is 91.0 Å². The van der Waals surface area contributed by atoms with Crippen LogP contribution in [0.3, 0.4) is 0 Å². The van der Waals surface area contributed by atoms with E-state index < -0.39 is 5.54 Å². The van der Waals surface area contributed by atoms with E-state index in [1.54, 1.807) is 0 Å². The Labute approximate surface area is 193 Å². The summed E-state index contributed by atoms with van der Waals surface area (Å²) in [6.07, 6.45) is 3.40. The number of para-hydroxylation sites is 1. The summed E-state index contributed by atoms with van der Waals surface area (Å²) in [5, 5.41) is 1.25. The van der Waals surface area contributed by atoms with Crippen LogP contribution >= 0.6 is 0 Å². The SMILES string of the molecule is O=C1C=C(c2ccccc2)C2(CCOCc3ccccc3)c3[nH]c4ccccc4c3CCN12. The molecule has 33 heavy (non-hydrogen) atoms. The van der Waals surface area contributed by atoms with Crippen LogP contribution in [-0.4, -0.2) is 28.9 Å². The summed E-state index contributed by atoms with van der Waals surface area (Å²) in [5.74, 6) is 0.0845. The fourth-order valence-corrected chi connectivity index (χ4v) is 5.58. The van der Waals surface area contributed by atoms with Crippen molar-refractivity contribution in [2.75, 3.05) is 13.2 Å². The van der Waals surface area contributed by atoms with Crippen molar-refractivity contribution in [2.45, 2.75) is 25.0 Å². The molecule has 0 saturated heterocycles. The van der Waals surface area contributed by atoms with Crippen molar-refractivity contribution in [3.8, 4) is 0 Å². The van der Waals surface area contributed by atoms with Crippen molar-refractivity contribution in [3.63, 3.8) is 0 Å². The van der Waals surface area contributed by atoms with Crippen LogP contribution in [0.2, 0.25) is 0 Å². The number of carbonyl (C=O) groups is 1. The standard InChI is InChI=1S/C29H26N2O2/c32-27-19-25(22-11-5-2-6-12-22)29(16-18-33-20-21-9-3-1-4-10-21)28-24(15-17-31(27)29)23-13-7-8-14-26(23)30-28/h1-14,19,30H,15-18,20H2. The van der Waals surface area contributed by atoms with Gasteiger partial charge in [-0.2, -0.15) is 0 Å². The second-order valence-corrected chi connectivity index (χ2v) is 8.84. The van der Waals surface area contributed by atoms with Gasteiger partial charge in [-0.3, -0.25) is 4.79 Å². The molecule has 0 radical (unpaired) electrons. The molecular weight excluding hydrogens is 408 g/mol. The highest BCUT2D eigenvalue weighted by atomic mass is 16.5. The van der Waals surface area contributed by atoms with Crippen LogP contribution in [0.5, 0.6) is 0 Å². The molecule has 1 unspecified atom stereocenters. The van der Waals surface area contributed by atoms with Crippen LogP contribution in [0, 0.1) is 0 Å². The lowest BCUT2D eigenvalue weighted by molar-refractivity contribution is -0.130. The van der Waals surface area contributed by atoms with Crippen molar-refractivity contribution >= 4 is 22.4 Å². The van der Waals surface area contributed by atoms with E-state index in [1.807, 2.05) is 42.5 Å². The Morgan fingerprint density at radius 3 is 2.45 bits per heavy atom. The number of nitrogens with zero attached hydrogens (tertiary/aromatic N) is 1. The predicted molar refractivity (Wildman–Crippen MR) is 131 cm³/mol. The Morgan fingerprint density at radius 2 is 1.64 bits per heavy atom. The van der Waals surface area contributed by atoms with E-state index >= 15 is 0 Å². The highest BCUT2D eigenvalue weighted by molar-refractivity contribution is 6.05. The maximum atomic E-state index is 13.3. The molecule has 1 aromatic heterocycles. The zero-order valence-corrected chi connectivity index (χ0v) is 18.5. The predicted octanol–water partition coefficient (Wildman–Crippen LogP) is 5.45. The summed E-state index contributed by atoms with van der Waals surface area (Å²) in [6.45, 7) is 1.83. The highest BCUT2D eigenvalue weighted by Gasteiger charge is 2.52. The van der Waals surface area contributed by atoms with E-state index in [0.717, 1.165) is 34.3 Å². The van der Waals surface area contributed by atoms with E-state index in [0.29, 0.717) is 26.2 Å². The smallest absolute Gasteiger partial charge is 0.248 e. The topological polar surface area (TPSA) is 45.3 Å². The number of hydrogen-bond donors (Lipinski definition) is 1. The molecule has 3 aromatic carbocycles. The van der Waals surface area contributed by atoms with Crippen molar-refractivity contribution in [1.82, 2.24) is 9.88 Å². The van der Waals surface area contributed by atoms with Crippen molar-refractivity contribution < 1.29 is 9.53 Å². The zero-order chi connectivity index (χ0) is 22.3. The molecule has 0 saturated carbocycles. The molecule has 0 aliphatic carbocycles. The summed E-state index contributed by atoms with van der Waals surface area (Å²) in [6, 6.07) is 29.0. The first kappa shape index (κ1) is 20.0. The maximum absolute atomic E-state index is 13.3. The molecule has 4 nitrogen and oxygen atoms in total. The van der Waals surface area contributed by atoms with Crippen LogP contribution in [0.4, 0.5) is 0 Å². The molecule has 4 aromatic rings. The van der Waals surface area contributed by atoms with E-state index in [4.69, 9.17) is 4.74 Å². The van der Waals surface area contributed by atoms with Gasteiger partial charge < -0.3 is 14.6 Å². The third kappa shape index (κ3) is 3.21. The minimum Gasteiger partial charge on any atom is -0.377 e. The minimum absolute atomic E-state index is 0.0845. The molecule has 1 N–H and O–H groups in total. The Kier molecular flexibility index (Phi) is 4.88. The molecule has 6 rings (SSSR count). The molecule has 2 aliphatic rings. The third-order valence-corrected chi connectivity index (χ3v) is 7.06. The Morgan fingerprint density at radius 1 is 0.909 bits per heavy atom. The first-order valence-electron chi connectivity index (χ1n) is 11.6. The number of aromatic amines is 1. The number of ether oxygens (including phenoxy) is 1. The number of H-pyrrole nitrogens is 1. The van der Waals surface area contributed by atoms with Crippen LogP contribution in [0.1, 0.15) is 28.8 Å². The van der Waals surface area contributed by atoms with Crippen LogP contribution in [0.25, 0.3) is 16.5 Å². The first-order valence-corrected chi connectivity index (χ1v) is 11.6. The molecule has 4 heteroatoms. The summed E-state index contributed by atoms with van der Waals surface area (Å²) < 4.78 is 6.15. The number of fused-ring (bicyclic) bond motifs is 5. The zero-order valence-electron chi connectivity index (χ0n) is 18.5. The molecule has 0 fully saturated rings. The Hall–Kier alpha value is -3.63. The van der Waals surface area contributed by atoms with Gasteiger partial charge in [0.05, 0.1) is 12.3 Å². The van der Waals surface area contributed by atoms with Gasteiger partial charge in [0.2, 0.25) is 5.91 Å². The summed E-state index contributed by atoms with van der Waals surface area (Å²) in [7, 11) is 0. The van der Waals surface area contributed by atoms with Gasteiger partial charge in [0, 0.05) is 36.6 Å². The molecular formula is C29H26N2O2. The monoisotopic (exact) mass is 434 g/mol. The van der Waals surface area contributed by atoms with Crippen molar-refractivity contribution in [2.24, 2.45) is 0 Å². The van der Waals surface area contributed by atoms with E-state index in [9.17, 15) is 4.79 Å². The molecule has 1 atom stereocenters. The van der Waals surface area contributed by atoms with Gasteiger partial charge in [0.1, 0.15) is 5.54 Å². The van der Waals surface area contributed by atoms with Gasteiger partial charge in [0.15, 0.2) is 0 Å². The largest absolute Gasteiger partial charge is 0.377 e. The Bertz CT molecular complexity index is 1340. The average Bonchev–Trinajstić information content (AvgIpc) is 3.39. The highest BCUT2D eigenvalue weighted by Crippen LogP contribution is 2.52. The lowest BCUT2D eigenvalue weighted by atomic mass is 9.76. The van der Waals surface area contributed by atoms with Gasteiger partial charge in [-0.25, -0.2) is 0 Å². The van der Waals surface area contributed by atoms with Gasteiger partial charge in [-0.1, -0.05) is 78.9 Å². The number of benzene rings is 3. The fraction of sp³-hybridized carbons (Fsp3) is 0.207. The summed E-state index contributed by atoms with van der Waals surface area (Å²) in [5.41, 5.74) is 6.33. The molecule has 1 amide bonds. The summed E-state index contributed by atoms with van der Waals surface area (Å²) in [4.78, 5) is 19.0. The first-order chi connectivity index (χ1) is 16.3. The number of carbonyl (C=O) groups excluding carboxylic acids is 1. The molecule has 3 heterocycles. The number of amides is 1. The minimum atomic E-state index is -0.554. The second kappa shape index (κ2) is 8.05. The molecule has 0 bridgehead atoms. The Balaban J connectivity index is 1.43. The van der Waals surface area contributed by atoms with Crippen LogP contribution in [-0.2, 0) is 28.1 Å². The normalized spacial score (nSPS) is 19.5. The van der Waals surface area contributed by atoms with Crippen molar-refractivity contribution in [3.05, 3.63) is 113 Å². The van der Waals surface area contributed by atoms with Gasteiger partial charge in [-0.15, -0.1) is 0 Å². The number of rotatable bonds is 6. The van der Waals surface area contributed by atoms with Gasteiger partial charge >= 0.3 is 0 Å². The second-order valence-electron chi connectivity index (χ2n) is 8.84.